The highest BCUT2D eigenvalue weighted by molar-refractivity contribution is 6.01. The monoisotopic (exact) mass is 261 g/mol. The molecule has 0 radical (unpaired) electrons. The first-order valence-electron chi connectivity index (χ1n) is 6.63. The number of fused-ring (bicyclic) bond motifs is 1. The molecular formula is C15H19NO3. The van der Waals surface area contributed by atoms with E-state index in [9.17, 15) is 14.7 Å². The quantitative estimate of drug-likeness (QED) is 0.905. The fraction of sp³-hybridized carbons (Fsp3) is 0.467. The highest BCUT2D eigenvalue weighted by Gasteiger charge is 2.37. The number of carbonyl (C=O) groups is 2. The van der Waals surface area contributed by atoms with E-state index < -0.39 is 12.0 Å². The van der Waals surface area contributed by atoms with Crippen LogP contribution in [0.3, 0.4) is 0 Å². The predicted octanol–water partition coefficient (Wildman–Crippen LogP) is 2.47. The Balaban J connectivity index is 2.24. The molecule has 0 unspecified atom stereocenters. The number of carboxylic acid groups (broad SMARTS) is 1. The van der Waals surface area contributed by atoms with Crippen LogP contribution in [-0.2, 0) is 16.0 Å². The third kappa shape index (κ3) is 2.78. The summed E-state index contributed by atoms with van der Waals surface area (Å²) in [5.41, 5.74) is 1.69. The van der Waals surface area contributed by atoms with Crippen LogP contribution in [-0.4, -0.2) is 23.0 Å². The molecule has 0 fully saturated rings. The summed E-state index contributed by atoms with van der Waals surface area (Å²) in [5, 5.41) is 9.29. The molecule has 0 aliphatic carbocycles. The van der Waals surface area contributed by atoms with Gasteiger partial charge in [0.05, 0.1) is 0 Å². The molecule has 1 aliphatic rings. The van der Waals surface area contributed by atoms with Crippen LogP contribution in [0.2, 0.25) is 0 Å². The van der Waals surface area contributed by atoms with E-state index in [-0.39, 0.29) is 5.91 Å². The van der Waals surface area contributed by atoms with Crippen molar-refractivity contribution in [1.29, 1.82) is 0 Å². The van der Waals surface area contributed by atoms with Gasteiger partial charge in [0.2, 0.25) is 5.91 Å². The van der Waals surface area contributed by atoms with E-state index in [4.69, 9.17) is 0 Å². The first-order chi connectivity index (χ1) is 9.00. The maximum absolute atomic E-state index is 12.3. The fourth-order valence-corrected chi connectivity index (χ4v) is 2.42. The zero-order valence-corrected chi connectivity index (χ0v) is 11.3. The molecule has 4 heteroatoms. The van der Waals surface area contributed by atoms with Crippen LogP contribution in [0.4, 0.5) is 5.69 Å². The minimum absolute atomic E-state index is 0.0916. The maximum atomic E-state index is 12.3. The van der Waals surface area contributed by atoms with Gasteiger partial charge in [0.15, 0.2) is 0 Å². The van der Waals surface area contributed by atoms with Crippen molar-refractivity contribution in [2.75, 3.05) is 4.90 Å². The lowest BCUT2D eigenvalue weighted by Gasteiger charge is -2.23. The number of benzene rings is 1. The minimum atomic E-state index is -0.936. The Bertz CT molecular complexity index is 496. The number of aliphatic carboxylic acids is 1. The van der Waals surface area contributed by atoms with Crippen LogP contribution in [0, 0.1) is 5.92 Å². The van der Waals surface area contributed by atoms with E-state index in [1.165, 1.54) is 4.90 Å². The van der Waals surface area contributed by atoms with Crippen molar-refractivity contribution in [3.05, 3.63) is 29.8 Å². The average molecular weight is 261 g/mol. The van der Waals surface area contributed by atoms with Crippen molar-refractivity contribution in [3.63, 3.8) is 0 Å². The Labute approximate surface area is 113 Å². The van der Waals surface area contributed by atoms with Gasteiger partial charge in [0.25, 0.3) is 0 Å². The number of para-hydroxylation sites is 1. The summed E-state index contributed by atoms with van der Waals surface area (Å²) in [6, 6.07) is 6.68. The molecule has 0 aromatic heterocycles. The Morgan fingerprint density at radius 2 is 2.05 bits per heavy atom. The summed E-state index contributed by atoms with van der Waals surface area (Å²) < 4.78 is 0. The van der Waals surface area contributed by atoms with Gasteiger partial charge in [-0.05, 0) is 24.0 Å². The summed E-state index contributed by atoms with van der Waals surface area (Å²) in [5.74, 6) is -0.592. The van der Waals surface area contributed by atoms with E-state index in [1.54, 1.807) is 0 Å². The van der Waals surface area contributed by atoms with Crippen molar-refractivity contribution >= 4 is 17.6 Å². The number of anilines is 1. The fourth-order valence-electron chi connectivity index (χ4n) is 2.42. The number of carboxylic acids is 1. The largest absolute Gasteiger partial charge is 0.480 e. The summed E-state index contributed by atoms with van der Waals surface area (Å²) in [6.45, 7) is 4.11. The van der Waals surface area contributed by atoms with Crippen molar-refractivity contribution < 1.29 is 14.7 Å². The zero-order valence-electron chi connectivity index (χ0n) is 11.3. The van der Waals surface area contributed by atoms with Gasteiger partial charge in [-0.2, -0.15) is 0 Å². The lowest BCUT2D eigenvalue weighted by atomic mass is 10.1. The summed E-state index contributed by atoms with van der Waals surface area (Å²) >= 11 is 0. The van der Waals surface area contributed by atoms with Crippen LogP contribution >= 0.6 is 0 Å². The Morgan fingerprint density at radius 1 is 1.37 bits per heavy atom. The lowest BCUT2D eigenvalue weighted by molar-refractivity contribution is -0.139. The molecule has 1 aromatic rings. The van der Waals surface area contributed by atoms with E-state index in [1.807, 2.05) is 24.3 Å². The molecule has 0 spiro atoms. The number of hydrogen-bond acceptors (Lipinski definition) is 2. The molecule has 102 valence electrons. The van der Waals surface area contributed by atoms with Crippen molar-refractivity contribution in [2.24, 2.45) is 5.92 Å². The van der Waals surface area contributed by atoms with Gasteiger partial charge >= 0.3 is 5.97 Å². The van der Waals surface area contributed by atoms with Gasteiger partial charge in [-0.1, -0.05) is 32.0 Å². The third-order valence-electron chi connectivity index (χ3n) is 3.47. The lowest BCUT2D eigenvalue weighted by Crippen LogP contribution is -2.42. The molecular weight excluding hydrogens is 242 g/mol. The van der Waals surface area contributed by atoms with Gasteiger partial charge in [-0.25, -0.2) is 4.79 Å². The highest BCUT2D eigenvalue weighted by atomic mass is 16.4. The second kappa shape index (κ2) is 5.43. The second-order valence-corrected chi connectivity index (χ2v) is 5.38. The molecule has 4 nitrogen and oxygen atoms in total. The highest BCUT2D eigenvalue weighted by Crippen LogP contribution is 2.33. The van der Waals surface area contributed by atoms with Crippen LogP contribution in [0.25, 0.3) is 0 Å². The zero-order chi connectivity index (χ0) is 14.0. The predicted molar refractivity (Wildman–Crippen MR) is 73.1 cm³/mol. The molecule has 1 aromatic carbocycles. The van der Waals surface area contributed by atoms with Gasteiger partial charge in [-0.3, -0.25) is 9.69 Å². The Kier molecular flexibility index (Phi) is 3.88. The molecule has 0 bridgehead atoms. The standard InChI is InChI=1S/C15H19NO3/c1-10(2)7-8-14(17)16-12-6-4-3-5-11(12)9-13(16)15(18)19/h3-6,10,13H,7-9H2,1-2H3,(H,18,19)/t13-/m0/s1. The van der Waals surface area contributed by atoms with Crippen LogP contribution in [0.1, 0.15) is 32.3 Å². The van der Waals surface area contributed by atoms with Gasteiger partial charge in [0, 0.05) is 18.5 Å². The van der Waals surface area contributed by atoms with Gasteiger partial charge in [0.1, 0.15) is 6.04 Å². The van der Waals surface area contributed by atoms with Crippen LogP contribution in [0.15, 0.2) is 24.3 Å². The van der Waals surface area contributed by atoms with Crippen LogP contribution in [0.5, 0.6) is 0 Å². The van der Waals surface area contributed by atoms with Crippen molar-refractivity contribution in [2.45, 2.75) is 39.2 Å². The third-order valence-corrected chi connectivity index (χ3v) is 3.47. The van der Waals surface area contributed by atoms with E-state index >= 15 is 0 Å². The number of hydrogen-bond donors (Lipinski definition) is 1. The van der Waals surface area contributed by atoms with E-state index in [0.717, 1.165) is 17.7 Å². The normalized spacial score (nSPS) is 17.6. The van der Waals surface area contributed by atoms with Gasteiger partial charge < -0.3 is 5.11 Å². The van der Waals surface area contributed by atoms with E-state index in [0.29, 0.717) is 18.8 Å². The Morgan fingerprint density at radius 3 is 2.68 bits per heavy atom. The van der Waals surface area contributed by atoms with Crippen molar-refractivity contribution in [1.82, 2.24) is 0 Å². The topological polar surface area (TPSA) is 57.6 Å². The molecule has 1 aliphatic heterocycles. The van der Waals surface area contributed by atoms with Gasteiger partial charge in [-0.15, -0.1) is 0 Å². The number of carbonyl (C=O) groups excluding carboxylic acids is 1. The molecule has 1 N–H and O–H groups in total. The molecule has 1 amide bonds. The minimum Gasteiger partial charge on any atom is -0.480 e. The SMILES string of the molecule is CC(C)CCC(=O)N1c2ccccc2C[C@H]1C(=O)O. The molecule has 0 saturated carbocycles. The first kappa shape index (κ1) is 13.6. The van der Waals surface area contributed by atoms with Crippen LogP contribution < -0.4 is 4.90 Å². The Hall–Kier alpha value is -1.84. The summed E-state index contributed by atoms with van der Waals surface area (Å²) in [6.07, 6.45) is 1.58. The molecule has 19 heavy (non-hydrogen) atoms. The molecule has 1 atom stereocenters. The number of nitrogens with zero attached hydrogens (tertiary/aromatic N) is 1. The summed E-state index contributed by atoms with van der Waals surface area (Å²) in [7, 11) is 0. The molecule has 2 rings (SSSR count). The maximum Gasteiger partial charge on any atom is 0.327 e. The molecule has 0 saturated heterocycles. The smallest absolute Gasteiger partial charge is 0.327 e. The summed E-state index contributed by atoms with van der Waals surface area (Å²) in [4.78, 5) is 25.1. The van der Waals surface area contributed by atoms with E-state index in [2.05, 4.69) is 13.8 Å². The second-order valence-electron chi connectivity index (χ2n) is 5.38. The molecule has 1 heterocycles. The number of rotatable bonds is 4. The first-order valence-corrected chi connectivity index (χ1v) is 6.63. The number of amides is 1. The average Bonchev–Trinajstić information content (AvgIpc) is 2.75. The van der Waals surface area contributed by atoms with Crippen molar-refractivity contribution in [3.8, 4) is 0 Å².